The van der Waals surface area contributed by atoms with E-state index in [1.165, 1.54) is 0 Å². The van der Waals surface area contributed by atoms with E-state index in [4.69, 9.17) is 14.3 Å². The summed E-state index contributed by atoms with van der Waals surface area (Å²) in [5.74, 6) is -0.613. The van der Waals surface area contributed by atoms with E-state index < -0.39 is 17.9 Å². The van der Waals surface area contributed by atoms with Crippen LogP contribution in [0.2, 0.25) is 0 Å². The van der Waals surface area contributed by atoms with E-state index >= 15 is 0 Å². The number of fused-ring (bicyclic) bond motifs is 1. The molecule has 7 heteroatoms. The normalized spacial score (nSPS) is 23.3. The first kappa shape index (κ1) is 19.6. The highest BCUT2D eigenvalue weighted by Crippen LogP contribution is 2.28. The molecule has 2 heterocycles. The fourth-order valence-electron chi connectivity index (χ4n) is 3.35. The fourth-order valence-corrected chi connectivity index (χ4v) is 3.35. The van der Waals surface area contributed by atoms with Gasteiger partial charge in [0.2, 0.25) is 5.96 Å². The summed E-state index contributed by atoms with van der Waals surface area (Å²) < 4.78 is 11.6. The Balaban J connectivity index is 1.53. The highest BCUT2D eigenvalue weighted by Gasteiger charge is 2.46. The summed E-state index contributed by atoms with van der Waals surface area (Å²) in [6.07, 6.45) is -0.679. The average Bonchev–Trinajstić information content (AvgIpc) is 2.72. The van der Waals surface area contributed by atoms with Crippen molar-refractivity contribution in [2.75, 3.05) is 6.61 Å². The summed E-state index contributed by atoms with van der Waals surface area (Å²) in [7, 11) is 0. The van der Waals surface area contributed by atoms with Gasteiger partial charge < -0.3 is 9.47 Å². The Morgan fingerprint density at radius 1 is 1.10 bits per heavy atom. The van der Waals surface area contributed by atoms with Crippen molar-refractivity contribution in [1.29, 1.82) is 0 Å². The Hall–Kier alpha value is -2.74. The summed E-state index contributed by atoms with van der Waals surface area (Å²) in [6.45, 7) is 4.64. The molecule has 29 heavy (non-hydrogen) atoms. The van der Waals surface area contributed by atoms with E-state index in [-0.39, 0.29) is 5.91 Å². The zero-order chi connectivity index (χ0) is 20.3. The summed E-state index contributed by atoms with van der Waals surface area (Å²) in [5.41, 5.74) is 4.87. The number of nitrogens with one attached hydrogen (secondary N) is 1. The van der Waals surface area contributed by atoms with E-state index in [1.807, 2.05) is 60.7 Å². The Morgan fingerprint density at radius 2 is 1.76 bits per heavy atom. The molecule has 2 atom stereocenters. The average molecular weight is 395 g/mol. The number of carbonyl (C=O) groups is 1. The molecule has 2 aliphatic heterocycles. The molecular weight excluding hydrogens is 370 g/mol. The zero-order valence-electron chi connectivity index (χ0n) is 16.6. The van der Waals surface area contributed by atoms with Crippen LogP contribution >= 0.6 is 0 Å². The van der Waals surface area contributed by atoms with Gasteiger partial charge >= 0.3 is 0 Å². The van der Waals surface area contributed by atoms with Crippen LogP contribution in [-0.4, -0.2) is 41.3 Å². The van der Waals surface area contributed by atoms with Gasteiger partial charge in [0.25, 0.3) is 5.91 Å². The molecule has 7 nitrogen and oxygen atoms in total. The van der Waals surface area contributed by atoms with Crippen LogP contribution in [0.4, 0.5) is 0 Å². The zero-order valence-corrected chi connectivity index (χ0v) is 16.6. The number of nitrogens with zero attached hydrogens (tertiary/aromatic N) is 2. The van der Waals surface area contributed by atoms with Crippen molar-refractivity contribution >= 4 is 11.9 Å². The van der Waals surface area contributed by atoms with Crippen LogP contribution in [-0.2, 0) is 32.3 Å². The quantitative estimate of drug-likeness (QED) is 0.788. The molecule has 2 aromatic carbocycles. The number of hydrogen-bond acceptors (Lipinski definition) is 6. The van der Waals surface area contributed by atoms with E-state index in [1.54, 1.807) is 18.7 Å². The van der Waals surface area contributed by atoms with Gasteiger partial charge in [-0.3, -0.25) is 14.5 Å². The van der Waals surface area contributed by atoms with Crippen molar-refractivity contribution in [3.8, 4) is 0 Å². The van der Waals surface area contributed by atoms with Crippen LogP contribution in [0.25, 0.3) is 0 Å². The van der Waals surface area contributed by atoms with Gasteiger partial charge in [-0.15, -0.1) is 0 Å². The molecule has 1 saturated heterocycles. The molecule has 0 radical (unpaired) electrons. The van der Waals surface area contributed by atoms with E-state index in [9.17, 15) is 4.79 Å². The maximum absolute atomic E-state index is 13.3. The summed E-state index contributed by atoms with van der Waals surface area (Å²) in [5, 5.41) is 0. The topological polar surface area (TPSA) is 72.4 Å². The Morgan fingerprint density at radius 3 is 2.45 bits per heavy atom. The van der Waals surface area contributed by atoms with Gasteiger partial charge in [-0.2, -0.15) is 0 Å². The van der Waals surface area contributed by atoms with Gasteiger partial charge in [0.1, 0.15) is 6.04 Å². The number of rotatable bonds is 5. The number of ether oxygens (including phenoxy) is 2. The second-order valence-electron chi connectivity index (χ2n) is 7.56. The second-order valence-corrected chi connectivity index (χ2v) is 7.56. The number of benzene rings is 2. The molecule has 0 unspecified atom stereocenters. The van der Waals surface area contributed by atoms with Gasteiger partial charge in [-0.05, 0) is 25.0 Å². The first-order valence-electron chi connectivity index (χ1n) is 9.68. The summed E-state index contributed by atoms with van der Waals surface area (Å²) >= 11 is 0. The number of carbonyl (C=O) groups excluding carboxylic acids is 1. The van der Waals surface area contributed by atoms with Crippen molar-refractivity contribution in [2.45, 2.75) is 44.9 Å². The van der Waals surface area contributed by atoms with Crippen molar-refractivity contribution < 1.29 is 19.1 Å². The van der Waals surface area contributed by atoms with E-state index in [0.29, 0.717) is 25.7 Å². The third-order valence-corrected chi connectivity index (χ3v) is 4.84. The molecule has 4 rings (SSSR count). The monoisotopic (exact) mass is 395 g/mol. The lowest BCUT2D eigenvalue weighted by molar-refractivity contribution is -0.276. The minimum Gasteiger partial charge on any atom is -0.348 e. The van der Waals surface area contributed by atoms with Crippen LogP contribution in [0.15, 0.2) is 65.7 Å². The number of guanidine groups is 1. The lowest BCUT2D eigenvalue weighted by Crippen LogP contribution is -2.61. The first-order valence-corrected chi connectivity index (χ1v) is 9.68. The molecule has 2 aliphatic rings. The van der Waals surface area contributed by atoms with Gasteiger partial charge in [0, 0.05) is 0 Å². The van der Waals surface area contributed by atoms with E-state index in [0.717, 1.165) is 11.1 Å². The van der Waals surface area contributed by atoms with Crippen LogP contribution in [0.5, 0.6) is 0 Å². The molecule has 1 N–H and O–H groups in total. The van der Waals surface area contributed by atoms with Gasteiger partial charge in [-0.25, -0.2) is 10.5 Å². The predicted octanol–water partition coefficient (Wildman–Crippen LogP) is 2.63. The number of hydrogen-bond donors (Lipinski definition) is 1. The van der Waals surface area contributed by atoms with Gasteiger partial charge in [-0.1, -0.05) is 60.7 Å². The van der Waals surface area contributed by atoms with Crippen molar-refractivity contribution in [2.24, 2.45) is 4.99 Å². The maximum Gasteiger partial charge on any atom is 0.261 e. The highest BCUT2D eigenvalue weighted by molar-refractivity contribution is 6.01. The molecule has 0 spiro atoms. The number of hydroxylamine groups is 1. The molecule has 0 aromatic heterocycles. The third kappa shape index (κ3) is 4.64. The Labute approximate surface area is 170 Å². The molecule has 0 aliphatic carbocycles. The molecule has 0 saturated carbocycles. The number of amides is 1. The minimum absolute atomic E-state index is 0.156. The smallest absolute Gasteiger partial charge is 0.261 e. The van der Waals surface area contributed by atoms with E-state index in [2.05, 4.69) is 10.5 Å². The lowest BCUT2D eigenvalue weighted by Gasteiger charge is -2.43. The van der Waals surface area contributed by atoms with Crippen LogP contribution in [0, 0.1) is 0 Å². The molecule has 2 aromatic rings. The van der Waals surface area contributed by atoms with Crippen LogP contribution in [0.3, 0.4) is 0 Å². The first-order chi connectivity index (χ1) is 14.0. The Kier molecular flexibility index (Phi) is 5.62. The minimum atomic E-state index is -0.820. The van der Waals surface area contributed by atoms with Gasteiger partial charge in [0.05, 0.1) is 19.8 Å². The van der Waals surface area contributed by atoms with Crippen LogP contribution < -0.4 is 5.48 Å². The second kappa shape index (κ2) is 8.32. The SMILES string of the molecule is CC1(C)OC[C@H]2N=C(NOCc3ccccc3)N(Cc3ccccc3)C(=O)[C@H]2O1. The largest absolute Gasteiger partial charge is 0.348 e. The fraction of sp³-hybridized carbons (Fsp3) is 0.364. The molecule has 0 bridgehead atoms. The van der Waals surface area contributed by atoms with Crippen molar-refractivity contribution in [3.05, 3.63) is 71.8 Å². The van der Waals surface area contributed by atoms with Gasteiger partial charge in [0.15, 0.2) is 11.9 Å². The summed E-state index contributed by atoms with van der Waals surface area (Å²) in [6, 6.07) is 19.1. The van der Waals surface area contributed by atoms with Crippen LogP contribution in [0.1, 0.15) is 25.0 Å². The Bertz CT molecular complexity index is 870. The lowest BCUT2D eigenvalue weighted by atomic mass is 10.1. The molecule has 152 valence electrons. The number of aliphatic imine (C=N–C) groups is 1. The highest BCUT2D eigenvalue weighted by atomic mass is 16.7. The standard InChI is InChI=1S/C22H25N3O4/c1-22(2)27-15-18-19(29-22)20(26)25(13-16-9-5-3-6-10-16)21(23-18)24-28-14-17-11-7-4-8-12-17/h3-12,18-19H,13-15H2,1-2H3,(H,23,24)/t18-,19+/m1/s1. The van der Waals surface area contributed by atoms with Crippen molar-refractivity contribution in [3.63, 3.8) is 0 Å². The molecule has 1 amide bonds. The third-order valence-electron chi connectivity index (χ3n) is 4.84. The maximum atomic E-state index is 13.3. The van der Waals surface area contributed by atoms with Crippen molar-refractivity contribution in [1.82, 2.24) is 10.4 Å². The molecule has 1 fully saturated rings. The summed E-state index contributed by atoms with van der Waals surface area (Å²) in [4.78, 5) is 25.1. The predicted molar refractivity (Wildman–Crippen MR) is 107 cm³/mol. The molecular formula is C22H25N3O4.